The van der Waals surface area contributed by atoms with E-state index in [1.807, 2.05) is 0 Å². The van der Waals surface area contributed by atoms with Crippen LogP contribution in [-0.4, -0.2) is 22.8 Å². The van der Waals surface area contributed by atoms with E-state index in [9.17, 15) is 9.59 Å². The Kier molecular flexibility index (Phi) is 3.81. The molecule has 18 heavy (non-hydrogen) atoms. The Balaban J connectivity index is 2.03. The lowest BCUT2D eigenvalue weighted by Crippen LogP contribution is -2.42. The molecule has 1 aliphatic carbocycles. The van der Waals surface area contributed by atoms with Crippen LogP contribution in [-0.2, 0) is 4.79 Å². The van der Waals surface area contributed by atoms with Crippen molar-refractivity contribution in [2.24, 2.45) is 11.7 Å². The highest BCUT2D eigenvalue weighted by Crippen LogP contribution is 2.25. The van der Waals surface area contributed by atoms with Gasteiger partial charge in [-0.3, -0.25) is 9.59 Å². The number of hydrogen-bond acceptors (Lipinski definition) is 3. The largest absolute Gasteiger partial charge is 0.369 e. The molecule has 2 amide bonds. The molecule has 5 nitrogen and oxygen atoms in total. The molecule has 1 aromatic heterocycles. The molecule has 6 heteroatoms. The Labute approximate surface area is 110 Å². The van der Waals surface area contributed by atoms with Crippen molar-refractivity contribution in [3.63, 3.8) is 0 Å². The third kappa shape index (κ3) is 2.79. The number of primary amides is 1. The average molecular weight is 268 g/mol. The van der Waals surface area contributed by atoms with Crippen molar-refractivity contribution >= 4 is 23.4 Å². The second-order valence-corrected chi connectivity index (χ2v) is 4.82. The molecule has 2 atom stereocenters. The van der Waals surface area contributed by atoms with Crippen molar-refractivity contribution in [3.8, 4) is 0 Å². The van der Waals surface area contributed by atoms with Crippen LogP contribution < -0.4 is 11.1 Å². The van der Waals surface area contributed by atoms with Crippen molar-refractivity contribution in [1.82, 2.24) is 10.3 Å². The summed E-state index contributed by atoms with van der Waals surface area (Å²) in [5.41, 5.74) is 5.59. The Morgan fingerprint density at radius 2 is 2.17 bits per heavy atom. The number of nitrogens with two attached hydrogens (primary N) is 1. The molecular weight excluding hydrogens is 254 g/mol. The predicted molar refractivity (Wildman–Crippen MR) is 67.0 cm³/mol. The summed E-state index contributed by atoms with van der Waals surface area (Å²) in [6.45, 7) is 0. The van der Waals surface area contributed by atoms with Crippen molar-refractivity contribution in [2.75, 3.05) is 0 Å². The van der Waals surface area contributed by atoms with E-state index in [1.54, 1.807) is 12.1 Å². The first-order valence-corrected chi connectivity index (χ1v) is 6.17. The normalized spacial score (nSPS) is 22.7. The molecule has 0 unspecified atom stereocenters. The summed E-state index contributed by atoms with van der Waals surface area (Å²) in [5, 5.41) is 3.28. The molecule has 1 heterocycles. The predicted octanol–water partition coefficient (Wildman–Crippen LogP) is 1.12. The molecule has 0 radical (unpaired) electrons. The van der Waals surface area contributed by atoms with Crippen LogP contribution in [0, 0.1) is 5.92 Å². The van der Waals surface area contributed by atoms with Gasteiger partial charge in [0.2, 0.25) is 5.91 Å². The van der Waals surface area contributed by atoms with Crippen LogP contribution in [0.2, 0.25) is 5.02 Å². The van der Waals surface area contributed by atoms with Crippen molar-refractivity contribution < 1.29 is 9.59 Å². The van der Waals surface area contributed by atoms with Crippen LogP contribution in [0.3, 0.4) is 0 Å². The number of halogens is 1. The van der Waals surface area contributed by atoms with Gasteiger partial charge in [0.25, 0.3) is 5.91 Å². The molecule has 0 bridgehead atoms. The van der Waals surface area contributed by atoms with Crippen molar-refractivity contribution in [3.05, 3.63) is 29.0 Å². The van der Waals surface area contributed by atoms with E-state index in [0.717, 1.165) is 19.3 Å². The molecule has 0 saturated heterocycles. The highest BCUT2D eigenvalue weighted by Gasteiger charge is 2.32. The Morgan fingerprint density at radius 3 is 2.78 bits per heavy atom. The van der Waals surface area contributed by atoms with Crippen LogP contribution in [0.5, 0.6) is 0 Å². The molecule has 3 N–H and O–H groups in total. The number of amides is 2. The van der Waals surface area contributed by atoms with E-state index in [0.29, 0.717) is 5.02 Å². The fourth-order valence-corrected chi connectivity index (χ4v) is 2.34. The average Bonchev–Trinajstić information content (AvgIpc) is 2.78. The second kappa shape index (κ2) is 5.35. The fourth-order valence-electron chi connectivity index (χ4n) is 2.23. The smallest absolute Gasteiger partial charge is 0.270 e. The van der Waals surface area contributed by atoms with Gasteiger partial charge in [-0.25, -0.2) is 4.98 Å². The minimum Gasteiger partial charge on any atom is -0.369 e. The summed E-state index contributed by atoms with van der Waals surface area (Å²) < 4.78 is 0. The number of carbonyl (C=O) groups excluding carboxylic acids is 2. The number of hydrogen-bond donors (Lipinski definition) is 2. The van der Waals surface area contributed by atoms with E-state index >= 15 is 0 Å². The zero-order valence-corrected chi connectivity index (χ0v) is 10.5. The summed E-state index contributed by atoms with van der Waals surface area (Å²) >= 11 is 5.70. The van der Waals surface area contributed by atoms with Gasteiger partial charge < -0.3 is 11.1 Å². The van der Waals surface area contributed by atoms with Gasteiger partial charge in [-0.1, -0.05) is 18.0 Å². The molecular formula is C12H14ClN3O2. The zero-order chi connectivity index (χ0) is 13.1. The quantitative estimate of drug-likeness (QED) is 0.861. The molecule has 1 aromatic rings. The van der Waals surface area contributed by atoms with E-state index in [2.05, 4.69) is 10.3 Å². The van der Waals surface area contributed by atoms with Crippen LogP contribution in [0.4, 0.5) is 0 Å². The zero-order valence-electron chi connectivity index (χ0n) is 9.73. The van der Waals surface area contributed by atoms with Gasteiger partial charge in [-0.05, 0) is 25.0 Å². The molecule has 0 aromatic carbocycles. The van der Waals surface area contributed by atoms with Crippen LogP contribution in [0.15, 0.2) is 18.3 Å². The summed E-state index contributed by atoms with van der Waals surface area (Å²) in [6, 6.07) is 2.96. The van der Waals surface area contributed by atoms with Crippen LogP contribution in [0.25, 0.3) is 0 Å². The lowest BCUT2D eigenvalue weighted by atomic mass is 10.0. The highest BCUT2D eigenvalue weighted by molar-refractivity contribution is 6.30. The lowest BCUT2D eigenvalue weighted by Gasteiger charge is -2.17. The first kappa shape index (κ1) is 12.8. The van der Waals surface area contributed by atoms with Crippen LogP contribution in [0.1, 0.15) is 29.8 Å². The molecule has 1 aliphatic rings. The second-order valence-electron chi connectivity index (χ2n) is 4.38. The SMILES string of the molecule is NC(=O)[C@@H]1CCC[C@H]1NC(=O)c1ccc(Cl)cn1. The van der Waals surface area contributed by atoms with Crippen molar-refractivity contribution in [2.45, 2.75) is 25.3 Å². The Morgan fingerprint density at radius 1 is 1.39 bits per heavy atom. The lowest BCUT2D eigenvalue weighted by molar-refractivity contribution is -0.122. The number of pyridine rings is 1. The summed E-state index contributed by atoms with van der Waals surface area (Å²) in [4.78, 5) is 27.1. The van der Waals surface area contributed by atoms with Crippen LogP contribution >= 0.6 is 11.6 Å². The number of aromatic nitrogens is 1. The molecule has 2 rings (SSSR count). The van der Waals surface area contributed by atoms with Gasteiger partial charge in [0.05, 0.1) is 10.9 Å². The van der Waals surface area contributed by atoms with Gasteiger partial charge in [0, 0.05) is 12.2 Å². The fraction of sp³-hybridized carbons (Fsp3) is 0.417. The first-order valence-electron chi connectivity index (χ1n) is 5.79. The minimum atomic E-state index is -0.359. The van der Waals surface area contributed by atoms with Gasteiger partial charge in [-0.15, -0.1) is 0 Å². The number of nitrogens with zero attached hydrogens (tertiary/aromatic N) is 1. The molecule has 0 aliphatic heterocycles. The summed E-state index contributed by atoms with van der Waals surface area (Å²) in [7, 11) is 0. The maximum Gasteiger partial charge on any atom is 0.270 e. The van der Waals surface area contributed by atoms with E-state index in [-0.39, 0.29) is 29.5 Å². The topological polar surface area (TPSA) is 85.1 Å². The monoisotopic (exact) mass is 267 g/mol. The number of rotatable bonds is 3. The third-order valence-corrected chi connectivity index (χ3v) is 3.38. The van der Waals surface area contributed by atoms with Gasteiger partial charge in [0.1, 0.15) is 5.69 Å². The maximum absolute atomic E-state index is 11.9. The molecule has 1 fully saturated rings. The van der Waals surface area contributed by atoms with Gasteiger partial charge in [0.15, 0.2) is 0 Å². The summed E-state index contributed by atoms with van der Waals surface area (Å²) in [6.07, 6.45) is 3.81. The van der Waals surface area contributed by atoms with E-state index < -0.39 is 0 Å². The van der Waals surface area contributed by atoms with E-state index in [4.69, 9.17) is 17.3 Å². The van der Waals surface area contributed by atoms with Gasteiger partial charge in [-0.2, -0.15) is 0 Å². The molecule has 1 saturated carbocycles. The van der Waals surface area contributed by atoms with Gasteiger partial charge >= 0.3 is 0 Å². The third-order valence-electron chi connectivity index (χ3n) is 3.16. The molecule has 96 valence electrons. The highest BCUT2D eigenvalue weighted by atomic mass is 35.5. The Bertz CT molecular complexity index is 461. The van der Waals surface area contributed by atoms with Crippen molar-refractivity contribution in [1.29, 1.82) is 0 Å². The standard InChI is InChI=1S/C12H14ClN3O2/c13-7-4-5-10(15-6-7)12(18)16-9-3-1-2-8(9)11(14)17/h4-6,8-9H,1-3H2,(H2,14,17)(H,16,18)/t8-,9-/m1/s1. The Hall–Kier alpha value is -1.62. The number of nitrogens with one attached hydrogen (secondary N) is 1. The first-order chi connectivity index (χ1) is 8.58. The molecule has 0 spiro atoms. The maximum atomic E-state index is 11.9. The minimum absolute atomic E-state index is 0.188. The number of carbonyl (C=O) groups is 2. The summed E-state index contributed by atoms with van der Waals surface area (Å²) in [5.74, 6) is -0.937. The van der Waals surface area contributed by atoms with E-state index in [1.165, 1.54) is 6.20 Å².